The van der Waals surface area contributed by atoms with Crippen molar-refractivity contribution in [3.05, 3.63) is 65.2 Å². The standard InChI is InChI=1S/C18H21F3N4O2S.HI/c1-22-17(23-11-13-6-5-8-15(10-13)18(19,20)21)24-12-14-7-3-4-9-16(14)25-28(2,26)27;/h3-10,25H,11-12H2,1-2H3,(H2,22,23,24);1H. The molecule has 2 aromatic rings. The van der Waals surface area contributed by atoms with Gasteiger partial charge in [-0.2, -0.15) is 13.2 Å². The monoisotopic (exact) mass is 542 g/mol. The second-order valence-electron chi connectivity index (χ2n) is 6.01. The number of hydrogen-bond acceptors (Lipinski definition) is 3. The quantitative estimate of drug-likeness (QED) is 0.296. The number of alkyl halides is 3. The van der Waals surface area contributed by atoms with Crippen LogP contribution in [0.15, 0.2) is 53.5 Å². The zero-order valence-electron chi connectivity index (χ0n) is 15.7. The average molecular weight is 542 g/mol. The zero-order valence-corrected chi connectivity index (χ0v) is 18.9. The number of sulfonamides is 1. The minimum Gasteiger partial charge on any atom is -0.352 e. The number of benzene rings is 2. The van der Waals surface area contributed by atoms with Crippen molar-refractivity contribution in [2.45, 2.75) is 19.3 Å². The molecule has 3 N–H and O–H groups in total. The van der Waals surface area contributed by atoms with Gasteiger partial charge in [0.2, 0.25) is 10.0 Å². The van der Waals surface area contributed by atoms with Crippen LogP contribution in [-0.4, -0.2) is 27.7 Å². The fourth-order valence-corrected chi connectivity index (χ4v) is 3.02. The van der Waals surface area contributed by atoms with Gasteiger partial charge >= 0.3 is 6.18 Å². The maximum absolute atomic E-state index is 12.8. The molecule has 0 fully saturated rings. The number of halogens is 4. The molecule has 0 bridgehead atoms. The van der Waals surface area contributed by atoms with Crippen LogP contribution in [0.3, 0.4) is 0 Å². The smallest absolute Gasteiger partial charge is 0.352 e. The average Bonchev–Trinajstić information content (AvgIpc) is 2.61. The predicted molar refractivity (Wildman–Crippen MR) is 119 cm³/mol. The van der Waals surface area contributed by atoms with Crippen LogP contribution in [0, 0.1) is 0 Å². The molecular formula is C18H22F3IN4O2S. The van der Waals surface area contributed by atoms with Crippen molar-refractivity contribution in [2.24, 2.45) is 4.99 Å². The van der Waals surface area contributed by atoms with E-state index in [1.807, 2.05) is 0 Å². The molecule has 0 heterocycles. The summed E-state index contributed by atoms with van der Waals surface area (Å²) in [5.41, 5.74) is 0.869. The van der Waals surface area contributed by atoms with Crippen molar-refractivity contribution >= 4 is 45.6 Å². The van der Waals surface area contributed by atoms with Gasteiger partial charge in [-0.1, -0.05) is 30.3 Å². The van der Waals surface area contributed by atoms with E-state index >= 15 is 0 Å². The molecule has 2 aromatic carbocycles. The van der Waals surface area contributed by atoms with Crippen molar-refractivity contribution < 1.29 is 21.6 Å². The van der Waals surface area contributed by atoms with Gasteiger partial charge in [0, 0.05) is 20.1 Å². The number of nitrogens with one attached hydrogen (secondary N) is 3. The summed E-state index contributed by atoms with van der Waals surface area (Å²) in [6.45, 7) is 0.411. The zero-order chi connectivity index (χ0) is 20.8. The van der Waals surface area contributed by atoms with Gasteiger partial charge in [0.05, 0.1) is 17.5 Å². The highest BCUT2D eigenvalue weighted by molar-refractivity contribution is 14.0. The Morgan fingerprint density at radius 1 is 1.03 bits per heavy atom. The molecule has 0 aromatic heterocycles. The summed E-state index contributed by atoms with van der Waals surface area (Å²) in [5.74, 6) is 0.367. The van der Waals surface area contributed by atoms with Crippen molar-refractivity contribution in [1.82, 2.24) is 10.6 Å². The molecule has 0 saturated heterocycles. The topological polar surface area (TPSA) is 82.6 Å². The highest BCUT2D eigenvalue weighted by atomic mass is 127. The Hall–Kier alpha value is -2.02. The molecule has 0 aliphatic carbocycles. The first-order valence-electron chi connectivity index (χ1n) is 8.25. The van der Waals surface area contributed by atoms with E-state index in [9.17, 15) is 21.6 Å². The van der Waals surface area contributed by atoms with E-state index < -0.39 is 21.8 Å². The largest absolute Gasteiger partial charge is 0.416 e. The first-order chi connectivity index (χ1) is 13.1. The first-order valence-corrected chi connectivity index (χ1v) is 10.1. The van der Waals surface area contributed by atoms with Crippen LogP contribution in [0.5, 0.6) is 0 Å². The Morgan fingerprint density at radius 3 is 2.31 bits per heavy atom. The number of aliphatic imine (C=N–C) groups is 1. The van der Waals surface area contributed by atoms with Gasteiger partial charge in [-0.3, -0.25) is 9.71 Å². The third kappa shape index (κ3) is 8.48. The summed E-state index contributed by atoms with van der Waals surface area (Å²) < 4.78 is 63.7. The number of rotatable bonds is 6. The Kier molecular flexibility index (Phi) is 9.20. The van der Waals surface area contributed by atoms with E-state index in [0.29, 0.717) is 22.8 Å². The number of guanidine groups is 1. The summed E-state index contributed by atoms with van der Waals surface area (Å²) in [6.07, 6.45) is -3.33. The summed E-state index contributed by atoms with van der Waals surface area (Å²) in [5, 5.41) is 5.94. The Bertz CT molecular complexity index is 950. The van der Waals surface area contributed by atoms with E-state index in [1.54, 1.807) is 30.3 Å². The maximum atomic E-state index is 12.8. The lowest BCUT2D eigenvalue weighted by molar-refractivity contribution is -0.137. The van der Waals surface area contributed by atoms with Gasteiger partial charge in [-0.15, -0.1) is 24.0 Å². The van der Waals surface area contributed by atoms with Crippen molar-refractivity contribution in [2.75, 3.05) is 18.0 Å². The van der Waals surface area contributed by atoms with Gasteiger partial charge in [-0.25, -0.2) is 8.42 Å². The van der Waals surface area contributed by atoms with Crippen LogP contribution in [0.2, 0.25) is 0 Å². The lowest BCUT2D eigenvalue weighted by atomic mass is 10.1. The molecule has 0 spiro atoms. The molecule has 6 nitrogen and oxygen atoms in total. The van der Waals surface area contributed by atoms with E-state index in [1.165, 1.54) is 13.1 Å². The lowest BCUT2D eigenvalue weighted by Crippen LogP contribution is -2.36. The molecule has 29 heavy (non-hydrogen) atoms. The Morgan fingerprint density at radius 2 is 1.69 bits per heavy atom. The van der Waals surface area contributed by atoms with Gasteiger partial charge in [0.1, 0.15) is 0 Å². The fourth-order valence-electron chi connectivity index (χ4n) is 2.42. The molecule has 160 valence electrons. The van der Waals surface area contributed by atoms with E-state index in [2.05, 4.69) is 20.3 Å². The molecule has 0 radical (unpaired) electrons. The second kappa shape index (κ2) is 10.7. The Labute approximate surface area is 185 Å². The molecule has 0 unspecified atom stereocenters. The fraction of sp³-hybridized carbons (Fsp3) is 0.278. The lowest BCUT2D eigenvalue weighted by Gasteiger charge is -2.15. The van der Waals surface area contributed by atoms with Crippen molar-refractivity contribution in [1.29, 1.82) is 0 Å². The second-order valence-corrected chi connectivity index (χ2v) is 7.76. The van der Waals surface area contributed by atoms with E-state index in [4.69, 9.17) is 0 Å². The maximum Gasteiger partial charge on any atom is 0.416 e. The highest BCUT2D eigenvalue weighted by Gasteiger charge is 2.30. The summed E-state index contributed by atoms with van der Waals surface area (Å²) in [6, 6.07) is 11.9. The number of nitrogens with zero attached hydrogens (tertiary/aromatic N) is 1. The molecule has 11 heteroatoms. The van der Waals surface area contributed by atoms with Crippen LogP contribution in [0.4, 0.5) is 18.9 Å². The minimum atomic E-state index is -4.40. The third-order valence-electron chi connectivity index (χ3n) is 3.70. The highest BCUT2D eigenvalue weighted by Crippen LogP contribution is 2.29. The van der Waals surface area contributed by atoms with Gasteiger partial charge in [0.15, 0.2) is 5.96 Å². The molecule has 0 aliphatic rings. The number of para-hydroxylation sites is 1. The van der Waals surface area contributed by atoms with E-state index in [0.717, 1.165) is 18.4 Å². The van der Waals surface area contributed by atoms with Crippen LogP contribution in [0.1, 0.15) is 16.7 Å². The summed E-state index contributed by atoms with van der Waals surface area (Å²) in [7, 11) is -1.89. The molecule has 0 aliphatic heterocycles. The van der Waals surface area contributed by atoms with E-state index in [-0.39, 0.29) is 37.1 Å². The van der Waals surface area contributed by atoms with Gasteiger partial charge in [0.25, 0.3) is 0 Å². The Balaban J connectivity index is 0.00000420. The van der Waals surface area contributed by atoms with Crippen LogP contribution in [0.25, 0.3) is 0 Å². The van der Waals surface area contributed by atoms with Crippen LogP contribution in [-0.2, 0) is 29.3 Å². The minimum absolute atomic E-state index is 0. The molecular weight excluding hydrogens is 520 g/mol. The van der Waals surface area contributed by atoms with Crippen LogP contribution >= 0.6 is 24.0 Å². The summed E-state index contributed by atoms with van der Waals surface area (Å²) in [4.78, 5) is 4.03. The normalized spacial score (nSPS) is 12.1. The van der Waals surface area contributed by atoms with Crippen molar-refractivity contribution in [3.63, 3.8) is 0 Å². The molecule has 0 amide bonds. The summed E-state index contributed by atoms with van der Waals surface area (Å²) >= 11 is 0. The third-order valence-corrected chi connectivity index (χ3v) is 4.29. The van der Waals surface area contributed by atoms with Gasteiger partial charge in [-0.05, 0) is 29.3 Å². The number of hydrogen-bond donors (Lipinski definition) is 3. The van der Waals surface area contributed by atoms with Crippen molar-refractivity contribution in [3.8, 4) is 0 Å². The van der Waals surface area contributed by atoms with Crippen LogP contribution < -0.4 is 15.4 Å². The van der Waals surface area contributed by atoms with Gasteiger partial charge < -0.3 is 10.6 Å². The molecule has 0 atom stereocenters. The number of anilines is 1. The molecule has 2 rings (SSSR count). The molecule has 0 saturated carbocycles. The SMILES string of the molecule is CN=C(NCc1cccc(C(F)(F)F)c1)NCc1ccccc1NS(C)(=O)=O.I. The predicted octanol–water partition coefficient (Wildman–Crippen LogP) is 3.56. The first kappa shape index (κ1) is 25.0.